The fourth-order valence-electron chi connectivity index (χ4n) is 2.52. The molecule has 102 valence electrons. The van der Waals surface area contributed by atoms with Crippen LogP contribution in [0.2, 0.25) is 5.15 Å². The summed E-state index contributed by atoms with van der Waals surface area (Å²) in [6, 6.07) is 10.6. The van der Waals surface area contributed by atoms with Gasteiger partial charge in [0.15, 0.2) is 0 Å². The zero-order valence-corrected chi connectivity index (χ0v) is 11.3. The maximum absolute atomic E-state index is 12.2. The van der Waals surface area contributed by atoms with Gasteiger partial charge < -0.3 is 10.4 Å². The second-order valence-corrected chi connectivity index (χ2v) is 5.12. The first-order valence-electron chi connectivity index (χ1n) is 6.34. The summed E-state index contributed by atoms with van der Waals surface area (Å²) in [5, 5.41) is 13.1. The van der Waals surface area contributed by atoms with Crippen molar-refractivity contribution in [3.8, 4) is 0 Å². The minimum atomic E-state index is -0.619. The molecule has 2 unspecified atom stereocenters. The molecule has 20 heavy (non-hydrogen) atoms. The predicted octanol–water partition coefficient (Wildman–Crippen LogP) is 2.12. The van der Waals surface area contributed by atoms with Gasteiger partial charge in [-0.3, -0.25) is 4.79 Å². The molecule has 2 atom stereocenters. The Morgan fingerprint density at radius 2 is 2.10 bits per heavy atom. The van der Waals surface area contributed by atoms with E-state index in [0.717, 1.165) is 11.1 Å². The fourth-order valence-corrected chi connectivity index (χ4v) is 2.73. The molecule has 1 aliphatic rings. The summed E-state index contributed by atoms with van der Waals surface area (Å²) in [4.78, 5) is 16.1. The van der Waals surface area contributed by atoms with Gasteiger partial charge in [0.05, 0.1) is 17.7 Å². The summed E-state index contributed by atoms with van der Waals surface area (Å²) < 4.78 is 0. The summed E-state index contributed by atoms with van der Waals surface area (Å²) in [6.45, 7) is 0. The summed E-state index contributed by atoms with van der Waals surface area (Å²) in [6.07, 6.45) is 1.45. The Kier molecular flexibility index (Phi) is 3.42. The summed E-state index contributed by atoms with van der Waals surface area (Å²) >= 11 is 5.91. The second-order valence-electron chi connectivity index (χ2n) is 4.76. The number of hydrogen-bond acceptors (Lipinski definition) is 3. The molecule has 0 bridgehead atoms. The van der Waals surface area contributed by atoms with Crippen molar-refractivity contribution in [1.82, 2.24) is 10.3 Å². The molecule has 2 N–H and O–H groups in total. The van der Waals surface area contributed by atoms with Gasteiger partial charge in [0, 0.05) is 12.6 Å². The van der Waals surface area contributed by atoms with E-state index in [2.05, 4.69) is 10.3 Å². The number of fused-ring (bicyclic) bond motifs is 1. The number of benzene rings is 1. The topological polar surface area (TPSA) is 62.2 Å². The molecular weight excluding hydrogens is 276 g/mol. The Morgan fingerprint density at radius 1 is 1.30 bits per heavy atom. The summed E-state index contributed by atoms with van der Waals surface area (Å²) in [7, 11) is 0. The Balaban J connectivity index is 1.85. The highest BCUT2D eigenvalue weighted by Crippen LogP contribution is 2.31. The van der Waals surface area contributed by atoms with Crippen LogP contribution in [0.4, 0.5) is 0 Å². The van der Waals surface area contributed by atoms with E-state index < -0.39 is 12.1 Å². The zero-order valence-electron chi connectivity index (χ0n) is 10.6. The average molecular weight is 289 g/mol. The molecule has 0 spiro atoms. The normalized spacial score (nSPS) is 20.5. The van der Waals surface area contributed by atoms with Crippen molar-refractivity contribution in [2.24, 2.45) is 0 Å². The first-order valence-corrected chi connectivity index (χ1v) is 6.72. The SMILES string of the molecule is O=C(NC1c2ccccc2CC1O)c1cccnc1Cl. The maximum atomic E-state index is 12.2. The van der Waals surface area contributed by atoms with E-state index in [1.807, 2.05) is 24.3 Å². The van der Waals surface area contributed by atoms with Crippen LogP contribution in [0, 0.1) is 0 Å². The smallest absolute Gasteiger partial charge is 0.254 e. The van der Waals surface area contributed by atoms with Crippen molar-refractivity contribution in [3.63, 3.8) is 0 Å². The highest BCUT2D eigenvalue weighted by molar-refractivity contribution is 6.32. The first kappa shape index (κ1) is 13.1. The quantitative estimate of drug-likeness (QED) is 0.832. The number of nitrogens with one attached hydrogen (secondary N) is 1. The molecule has 5 heteroatoms. The first-order chi connectivity index (χ1) is 9.66. The van der Waals surface area contributed by atoms with E-state index in [1.54, 1.807) is 12.1 Å². The largest absolute Gasteiger partial charge is 0.390 e. The number of carbonyl (C=O) groups is 1. The Labute approximate surface area is 121 Å². The molecule has 0 aliphatic heterocycles. The van der Waals surface area contributed by atoms with Gasteiger partial charge in [-0.15, -0.1) is 0 Å². The van der Waals surface area contributed by atoms with Crippen molar-refractivity contribution >= 4 is 17.5 Å². The predicted molar refractivity (Wildman–Crippen MR) is 75.6 cm³/mol. The van der Waals surface area contributed by atoms with Crippen molar-refractivity contribution in [2.75, 3.05) is 0 Å². The molecule has 1 aromatic carbocycles. The molecule has 1 heterocycles. The number of hydrogen-bond donors (Lipinski definition) is 2. The molecule has 0 fully saturated rings. The maximum Gasteiger partial charge on any atom is 0.254 e. The lowest BCUT2D eigenvalue weighted by atomic mass is 10.1. The van der Waals surface area contributed by atoms with E-state index in [1.165, 1.54) is 6.20 Å². The lowest BCUT2D eigenvalue weighted by molar-refractivity contribution is 0.0858. The average Bonchev–Trinajstić information content (AvgIpc) is 2.76. The van der Waals surface area contributed by atoms with Gasteiger partial charge in [-0.1, -0.05) is 35.9 Å². The van der Waals surface area contributed by atoms with Crippen LogP contribution in [0.25, 0.3) is 0 Å². The standard InChI is InChI=1S/C15H13ClN2O2/c16-14-11(6-3-7-17-14)15(20)18-13-10-5-2-1-4-9(10)8-12(13)19/h1-7,12-13,19H,8H2,(H,18,20). The fraction of sp³-hybridized carbons (Fsp3) is 0.200. The zero-order chi connectivity index (χ0) is 14.1. The van der Waals surface area contributed by atoms with E-state index in [4.69, 9.17) is 11.6 Å². The number of nitrogens with zero attached hydrogens (tertiary/aromatic N) is 1. The van der Waals surface area contributed by atoms with Crippen LogP contribution in [-0.2, 0) is 6.42 Å². The molecule has 1 aliphatic carbocycles. The van der Waals surface area contributed by atoms with Crippen LogP contribution >= 0.6 is 11.6 Å². The summed E-state index contributed by atoms with van der Waals surface area (Å²) in [5.41, 5.74) is 2.32. The Hall–Kier alpha value is -1.91. The van der Waals surface area contributed by atoms with Crippen LogP contribution in [-0.4, -0.2) is 22.1 Å². The third-order valence-corrected chi connectivity index (χ3v) is 3.80. The lowest BCUT2D eigenvalue weighted by Crippen LogP contribution is -2.34. The van der Waals surface area contributed by atoms with Crippen LogP contribution < -0.4 is 5.32 Å². The number of aliphatic hydroxyl groups is 1. The monoisotopic (exact) mass is 288 g/mol. The van der Waals surface area contributed by atoms with Crippen LogP contribution in [0.5, 0.6) is 0 Å². The number of carbonyl (C=O) groups excluding carboxylic acids is 1. The van der Waals surface area contributed by atoms with E-state index in [-0.39, 0.29) is 11.1 Å². The highest BCUT2D eigenvalue weighted by atomic mass is 35.5. The van der Waals surface area contributed by atoms with E-state index in [0.29, 0.717) is 12.0 Å². The van der Waals surface area contributed by atoms with Gasteiger partial charge in [-0.2, -0.15) is 0 Å². The minimum Gasteiger partial charge on any atom is -0.390 e. The third kappa shape index (κ3) is 2.28. The Bertz CT molecular complexity index is 660. The molecule has 1 aromatic heterocycles. The number of aromatic nitrogens is 1. The molecule has 0 saturated heterocycles. The van der Waals surface area contributed by atoms with E-state index >= 15 is 0 Å². The molecule has 2 aromatic rings. The summed E-state index contributed by atoms with van der Waals surface area (Å²) in [5.74, 6) is -0.330. The van der Waals surface area contributed by atoms with Gasteiger partial charge in [0.2, 0.25) is 0 Å². The third-order valence-electron chi connectivity index (χ3n) is 3.49. The molecule has 1 amide bonds. The molecule has 3 rings (SSSR count). The van der Waals surface area contributed by atoms with E-state index in [9.17, 15) is 9.90 Å². The molecular formula is C15H13ClN2O2. The van der Waals surface area contributed by atoms with Crippen molar-refractivity contribution in [3.05, 3.63) is 64.4 Å². The van der Waals surface area contributed by atoms with Gasteiger partial charge in [0.1, 0.15) is 5.15 Å². The number of aliphatic hydroxyl groups excluding tert-OH is 1. The van der Waals surface area contributed by atoms with Gasteiger partial charge in [-0.25, -0.2) is 4.98 Å². The molecule has 0 saturated carbocycles. The number of pyridine rings is 1. The van der Waals surface area contributed by atoms with Crippen molar-refractivity contribution in [2.45, 2.75) is 18.6 Å². The number of halogens is 1. The van der Waals surface area contributed by atoms with Crippen LogP contribution in [0.15, 0.2) is 42.6 Å². The lowest BCUT2D eigenvalue weighted by Gasteiger charge is -2.18. The van der Waals surface area contributed by atoms with Gasteiger partial charge in [-0.05, 0) is 23.3 Å². The Morgan fingerprint density at radius 3 is 2.90 bits per heavy atom. The van der Waals surface area contributed by atoms with Crippen molar-refractivity contribution in [1.29, 1.82) is 0 Å². The second kappa shape index (κ2) is 5.23. The van der Waals surface area contributed by atoms with Crippen LogP contribution in [0.1, 0.15) is 27.5 Å². The molecule has 4 nitrogen and oxygen atoms in total. The number of rotatable bonds is 2. The van der Waals surface area contributed by atoms with Gasteiger partial charge in [0.25, 0.3) is 5.91 Å². The minimum absolute atomic E-state index is 0.158. The number of amides is 1. The highest BCUT2D eigenvalue weighted by Gasteiger charge is 2.32. The van der Waals surface area contributed by atoms with Crippen LogP contribution in [0.3, 0.4) is 0 Å². The van der Waals surface area contributed by atoms with Gasteiger partial charge >= 0.3 is 0 Å². The van der Waals surface area contributed by atoms with Crippen molar-refractivity contribution < 1.29 is 9.90 Å². The molecule has 0 radical (unpaired) electrons.